The Hall–Kier alpha value is -2.95. The van der Waals surface area contributed by atoms with Crippen LogP contribution in [0.4, 0.5) is 0 Å². The molecule has 7 rings (SSSR count). The van der Waals surface area contributed by atoms with Gasteiger partial charge in [-0.15, -0.1) is 0 Å². The van der Waals surface area contributed by atoms with Crippen molar-refractivity contribution in [1.29, 1.82) is 0 Å². The van der Waals surface area contributed by atoms with Crippen molar-refractivity contribution in [3.8, 4) is 11.3 Å². The van der Waals surface area contributed by atoms with Gasteiger partial charge in [0, 0.05) is 30.5 Å². The first kappa shape index (κ1) is 17.7. The van der Waals surface area contributed by atoms with Crippen LogP contribution in [0.25, 0.3) is 22.2 Å². The average Bonchev–Trinajstić information content (AvgIpc) is 2.83. The van der Waals surface area contributed by atoms with E-state index in [2.05, 4.69) is 97.1 Å². The van der Waals surface area contributed by atoms with Crippen LogP contribution in [-0.4, -0.2) is 11.7 Å². The van der Waals surface area contributed by atoms with Crippen molar-refractivity contribution >= 4 is 57.5 Å². The van der Waals surface area contributed by atoms with Gasteiger partial charge in [0.1, 0.15) is 0 Å². The van der Waals surface area contributed by atoms with Crippen molar-refractivity contribution in [2.24, 2.45) is 0 Å². The molecule has 0 unspecified atom stereocenters. The number of aromatic nitrogens is 1. The molecule has 0 saturated heterocycles. The molecule has 2 aliphatic rings. The molecule has 0 N–H and O–H groups in total. The van der Waals surface area contributed by atoms with Gasteiger partial charge in [-0.2, -0.15) is 0 Å². The zero-order chi connectivity index (χ0) is 20.4. The Morgan fingerprint density at radius 1 is 0.581 bits per heavy atom. The molecule has 0 atom stereocenters. The third-order valence-corrected chi connectivity index (χ3v) is 8.49. The lowest BCUT2D eigenvalue weighted by Crippen LogP contribution is -2.57. The first-order chi connectivity index (χ1) is 15.3. The Balaban J connectivity index is 1.47. The summed E-state index contributed by atoms with van der Waals surface area (Å²) in [6.45, 7) is 0.304. The van der Waals surface area contributed by atoms with Crippen molar-refractivity contribution in [3.05, 3.63) is 97.1 Å². The van der Waals surface area contributed by atoms with Gasteiger partial charge >= 0.3 is 0 Å². The SMILES string of the molecule is c1ccc2c(c1)Sc1cc(-c3ccc4ccccc4n3)cc3c1B2c1ccccc1S3. The Morgan fingerprint density at radius 3 is 1.90 bits per heavy atom. The lowest BCUT2D eigenvalue weighted by molar-refractivity contribution is 1.31. The van der Waals surface area contributed by atoms with Crippen LogP contribution >= 0.6 is 23.5 Å². The zero-order valence-electron chi connectivity index (χ0n) is 16.6. The number of para-hydroxylation sites is 1. The quantitative estimate of drug-likeness (QED) is 0.327. The predicted molar refractivity (Wildman–Crippen MR) is 133 cm³/mol. The van der Waals surface area contributed by atoms with Gasteiger partial charge in [-0.05, 0) is 41.9 Å². The number of fused-ring (bicyclic) bond motifs is 5. The fourth-order valence-electron chi connectivity index (χ4n) is 4.77. The van der Waals surface area contributed by atoms with E-state index in [0.29, 0.717) is 6.71 Å². The number of rotatable bonds is 1. The molecule has 0 bridgehead atoms. The molecule has 4 heteroatoms. The highest BCUT2D eigenvalue weighted by Crippen LogP contribution is 2.40. The fraction of sp³-hybridized carbons (Fsp3) is 0. The second kappa shape index (κ2) is 6.78. The van der Waals surface area contributed by atoms with E-state index in [0.717, 1.165) is 11.2 Å². The normalized spacial score (nSPS) is 13.5. The molecule has 4 aromatic carbocycles. The van der Waals surface area contributed by atoms with Crippen molar-refractivity contribution < 1.29 is 0 Å². The van der Waals surface area contributed by atoms with E-state index in [1.54, 1.807) is 0 Å². The second-order valence-electron chi connectivity index (χ2n) is 7.99. The minimum absolute atomic E-state index is 0.304. The van der Waals surface area contributed by atoms with Crippen LogP contribution in [0.2, 0.25) is 0 Å². The lowest BCUT2D eigenvalue weighted by atomic mass is 9.36. The van der Waals surface area contributed by atoms with Crippen LogP contribution in [0.5, 0.6) is 0 Å². The van der Waals surface area contributed by atoms with Crippen LogP contribution in [0, 0.1) is 0 Å². The Morgan fingerprint density at radius 2 is 1.19 bits per heavy atom. The van der Waals surface area contributed by atoms with Crippen LogP contribution in [-0.2, 0) is 0 Å². The van der Waals surface area contributed by atoms with Crippen molar-refractivity contribution in [1.82, 2.24) is 4.98 Å². The maximum atomic E-state index is 4.98. The highest BCUT2D eigenvalue weighted by Gasteiger charge is 2.37. The molecule has 1 aromatic heterocycles. The maximum Gasteiger partial charge on any atom is 0.247 e. The monoisotopic (exact) mass is 429 g/mol. The van der Waals surface area contributed by atoms with Gasteiger partial charge in [0.15, 0.2) is 0 Å². The molecular weight excluding hydrogens is 413 g/mol. The minimum Gasteiger partial charge on any atom is -0.248 e. The van der Waals surface area contributed by atoms with Crippen molar-refractivity contribution in [2.75, 3.05) is 0 Å². The summed E-state index contributed by atoms with van der Waals surface area (Å²) in [5.74, 6) is 0. The molecular formula is C27H16BNS2. The fourth-order valence-corrected chi connectivity index (χ4v) is 7.26. The van der Waals surface area contributed by atoms with Gasteiger partial charge in [-0.3, -0.25) is 0 Å². The van der Waals surface area contributed by atoms with Gasteiger partial charge in [-0.1, -0.05) is 95.1 Å². The molecule has 0 spiro atoms. The standard InChI is InChI=1S/C27H16BNS2/c1-4-10-21-17(7-1)13-14-22(29-21)18-15-25-27-26(16-18)31-24-12-6-3-9-20(24)28(27)19-8-2-5-11-23(19)30-25/h1-16H. The van der Waals surface area contributed by atoms with Crippen LogP contribution < -0.4 is 16.4 Å². The van der Waals surface area contributed by atoms with Gasteiger partial charge in [0.2, 0.25) is 6.71 Å². The second-order valence-corrected chi connectivity index (χ2v) is 10.2. The van der Waals surface area contributed by atoms with Crippen LogP contribution in [0.15, 0.2) is 117 Å². The number of nitrogens with zero attached hydrogens (tertiary/aromatic N) is 1. The Bertz CT molecular complexity index is 1440. The molecule has 0 radical (unpaired) electrons. The van der Waals surface area contributed by atoms with E-state index >= 15 is 0 Å². The molecule has 144 valence electrons. The molecule has 5 aromatic rings. The molecule has 0 fully saturated rings. The van der Waals surface area contributed by atoms with Gasteiger partial charge in [0.25, 0.3) is 0 Å². The summed E-state index contributed by atoms with van der Waals surface area (Å²) < 4.78 is 0. The number of pyridine rings is 1. The van der Waals surface area contributed by atoms with E-state index in [1.807, 2.05) is 23.5 Å². The third-order valence-electron chi connectivity index (χ3n) is 6.19. The highest BCUT2D eigenvalue weighted by molar-refractivity contribution is 8.01. The topological polar surface area (TPSA) is 12.9 Å². The first-order valence-electron chi connectivity index (χ1n) is 10.4. The summed E-state index contributed by atoms with van der Waals surface area (Å²) in [6.07, 6.45) is 0. The summed E-state index contributed by atoms with van der Waals surface area (Å²) in [4.78, 5) is 10.4. The summed E-state index contributed by atoms with van der Waals surface area (Å²) in [5, 5.41) is 1.18. The van der Waals surface area contributed by atoms with E-state index in [-0.39, 0.29) is 0 Å². The largest absolute Gasteiger partial charge is 0.248 e. The zero-order valence-corrected chi connectivity index (χ0v) is 18.2. The van der Waals surface area contributed by atoms with Gasteiger partial charge in [-0.25, -0.2) is 4.98 Å². The summed E-state index contributed by atoms with van der Waals surface area (Å²) in [5.41, 5.74) is 7.57. The highest BCUT2D eigenvalue weighted by atomic mass is 32.2. The molecule has 3 heterocycles. The summed E-state index contributed by atoms with van der Waals surface area (Å²) in [6, 6.07) is 35.1. The predicted octanol–water partition coefficient (Wildman–Crippen LogP) is 5.35. The molecule has 0 saturated carbocycles. The minimum atomic E-state index is 0.304. The Kier molecular flexibility index (Phi) is 3.87. The summed E-state index contributed by atoms with van der Waals surface area (Å²) >= 11 is 3.79. The van der Waals surface area contributed by atoms with E-state index < -0.39 is 0 Å². The van der Waals surface area contributed by atoms with Crippen molar-refractivity contribution in [3.63, 3.8) is 0 Å². The maximum absolute atomic E-state index is 4.98. The number of benzene rings is 4. The van der Waals surface area contributed by atoms with Gasteiger partial charge in [0.05, 0.1) is 11.2 Å². The third kappa shape index (κ3) is 2.72. The first-order valence-corrected chi connectivity index (χ1v) is 12.1. The van der Waals surface area contributed by atoms with E-state index in [9.17, 15) is 0 Å². The summed E-state index contributed by atoms with van der Waals surface area (Å²) in [7, 11) is 0. The molecule has 0 amide bonds. The van der Waals surface area contributed by atoms with E-state index in [4.69, 9.17) is 4.98 Å². The smallest absolute Gasteiger partial charge is 0.247 e. The number of hydrogen-bond donors (Lipinski definition) is 0. The Labute approximate surface area is 190 Å². The van der Waals surface area contributed by atoms with Crippen LogP contribution in [0.1, 0.15) is 0 Å². The number of hydrogen-bond acceptors (Lipinski definition) is 3. The molecule has 2 aliphatic heterocycles. The van der Waals surface area contributed by atoms with E-state index in [1.165, 1.54) is 46.9 Å². The molecule has 0 aliphatic carbocycles. The van der Waals surface area contributed by atoms with Gasteiger partial charge < -0.3 is 0 Å². The molecule has 31 heavy (non-hydrogen) atoms. The molecule has 1 nitrogen and oxygen atoms in total. The average molecular weight is 429 g/mol. The van der Waals surface area contributed by atoms with Crippen molar-refractivity contribution in [2.45, 2.75) is 19.6 Å². The lowest BCUT2D eigenvalue weighted by Gasteiger charge is -2.33. The van der Waals surface area contributed by atoms with Crippen LogP contribution in [0.3, 0.4) is 0 Å².